The molecule has 0 saturated heterocycles. The van der Waals surface area contributed by atoms with Gasteiger partial charge in [-0.3, -0.25) is 0 Å². The number of aliphatic hydroxyl groups excluding tert-OH is 1. The van der Waals surface area contributed by atoms with Crippen molar-refractivity contribution in [3.8, 4) is 0 Å². The van der Waals surface area contributed by atoms with E-state index in [0.29, 0.717) is 18.6 Å². The Labute approximate surface area is 81.7 Å². The molecule has 0 heterocycles. The van der Waals surface area contributed by atoms with Crippen molar-refractivity contribution < 1.29 is 5.11 Å². The smallest absolute Gasteiger partial charge is 0.0474 e. The third kappa shape index (κ3) is 3.65. The minimum absolute atomic E-state index is 0.362. The molecule has 2 N–H and O–H groups in total. The predicted molar refractivity (Wildman–Crippen MR) is 55.7 cm³/mol. The first-order valence-electron chi connectivity index (χ1n) is 5.72. The molecule has 1 aliphatic carbocycles. The first-order valence-corrected chi connectivity index (χ1v) is 5.72. The molecule has 0 aromatic heterocycles. The van der Waals surface area contributed by atoms with Gasteiger partial charge < -0.3 is 10.4 Å². The number of hydrogen-bond donors (Lipinski definition) is 2. The number of rotatable bonds is 4. The van der Waals surface area contributed by atoms with Crippen LogP contribution in [0.25, 0.3) is 0 Å². The van der Waals surface area contributed by atoms with Crippen LogP contribution in [0.5, 0.6) is 0 Å². The summed E-state index contributed by atoms with van der Waals surface area (Å²) in [5.74, 6) is 0.508. The molecule has 1 fully saturated rings. The van der Waals surface area contributed by atoms with Gasteiger partial charge in [0.15, 0.2) is 0 Å². The van der Waals surface area contributed by atoms with E-state index in [0.717, 1.165) is 6.54 Å². The highest BCUT2D eigenvalue weighted by molar-refractivity contribution is 4.78. The van der Waals surface area contributed by atoms with E-state index in [1.807, 2.05) is 0 Å². The highest BCUT2D eigenvalue weighted by atomic mass is 16.3. The molecule has 0 aromatic carbocycles. The van der Waals surface area contributed by atoms with E-state index in [4.69, 9.17) is 0 Å². The Morgan fingerprint density at radius 3 is 2.69 bits per heavy atom. The van der Waals surface area contributed by atoms with Crippen LogP contribution in [-0.2, 0) is 0 Å². The van der Waals surface area contributed by atoms with E-state index >= 15 is 0 Å². The van der Waals surface area contributed by atoms with Crippen LogP contribution in [0.4, 0.5) is 0 Å². The minimum Gasteiger partial charge on any atom is -0.396 e. The van der Waals surface area contributed by atoms with Crippen molar-refractivity contribution in [3.63, 3.8) is 0 Å². The van der Waals surface area contributed by atoms with Gasteiger partial charge in [0, 0.05) is 12.6 Å². The van der Waals surface area contributed by atoms with Gasteiger partial charge in [0.25, 0.3) is 0 Å². The van der Waals surface area contributed by atoms with Gasteiger partial charge in [-0.1, -0.05) is 26.2 Å². The fraction of sp³-hybridized carbons (Fsp3) is 1.00. The Kier molecular flexibility index (Phi) is 5.40. The molecule has 2 atom stereocenters. The van der Waals surface area contributed by atoms with Crippen LogP contribution >= 0.6 is 0 Å². The lowest BCUT2D eigenvalue weighted by Gasteiger charge is -2.24. The molecule has 78 valence electrons. The Morgan fingerprint density at radius 2 is 2.00 bits per heavy atom. The Hall–Kier alpha value is -0.0800. The molecular formula is C11H23NO. The number of nitrogens with one attached hydrogen (secondary N) is 1. The summed E-state index contributed by atoms with van der Waals surface area (Å²) in [6.45, 7) is 3.65. The summed E-state index contributed by atoms with van der Waals surface area (Å²) in [5.41, 5.74) is 0. The monoisotopic (exact) mass is 185 g/mol. The molecule has 1 rings (SSSR count). The summed E-state index contributed by atoms with van der Waals surface area (Å²) in [6, 6.07) is 0.576. The van der Waals surface area contributed by atoms with E-state index in [1.165, 1.54) is 38.5 Å². The van der Waals surface area contributed by atoms with Gasteiger partial charge in [-0.05, 0) is 31.7 Å². The van der Waals surface area contributed by atoms with Gasteiger partial charge in [0.1, 0.15) is 0 Å². The summed E-state index contributed by atoms with van der Waals surface area (Å²) < 4.78 is 0. The SMILES string of the molecule is CCCNC1CCCCCC1CO. The number of hydrogen-bond acceptors (Lipinski definition) is 2. The maximum absolute atomic E-state index is 9.25. The van der Waals surface area contributed by atoms with Crippen LogP contribution in [0.2, 0.25) is 0 Å². The van der Waals surface area contributed by atoms with Crippen molar-refractivity contribution in [2.45, 2.75) is 51.5 Å². The Bertz CT molecular complexity index is 127. The second-order valence-corrected chi connectivity index (χ2v) is 4.14. The molecule has 0 amide bonds. The molecule has 13 heavy (non-hydrogen) atoms. The topological polar surface area (TPSA) is 32.3 Å². The van der Waals surface area contributed by atoms with Crippen LogP contribution in [0.1, 0.15) is 45.4 Å². The lowest BCUT2D eigenvalue weighted by molar-refractivity contribution is 0.182. The van der Waals surface area contributed by atoms with Crippen molar-refractivity contribution in [3.05, 3.63) is 0 Å². The molecule has 2 nitrogen and oxygen atoms in total. The van der Waals surface area contributed by atoms with Gasteiger partial charge >= 0.3 is 0 Å². The Morgan fingerprint density at radius 1 is 1.23 bits per heavy atom. The van der Waals surface area contributed by atoms with Crippen molar-refractivity contribution in [2.24, 2.45) is 5.92 Å². The maximum Gasteiger partial charge on any atom is 0.0474 e. The normalized spacial score (nSPS) is 30.0. The fourth-order valence-corrected chi connectivity index (χ4v) is 2.20. The van der Waals surface area contributed by atoms with Crippen LogP contribution in [-0.4, -0.2) is 24.3 Å². The maximum atomic E-state index is 9.25. The molecule has 0 aliphatic heterocycles. The van der Waals surface area contributed by atoms with E-state index in [2.05, 4.69) is 12.2 Å². The molecule has 1 aliphatic rings. The largest absolute Gasteiger partial charge is 0.396 e. The zero-order valence-electron chi connectivity index (χ0n) is 8.76. The van der Waals surface area contributed by atoms with Gasteiger partial charge in [-0.2, -0.15) is 0 Å². The molecule has 0 radical (unpaired) electrons. The van der Waals surface area contributed by atoms with E-state index in [-0.39, 0.29) is 0 Å². The average Bonchev–Trinajstić information content (AvgIpc) is 2.39. The van der Waals surface area contributed by atoms with Gasteiger partial charge in [-0.15, -0.1) is 0 Å². The van der Waals surface area contributed by atoms with Crippen LogP contribution in [0.3, 0.4) is 0 Å². The number of aliphatic hydroxyl groups is 1. The molecule has 0 spiro atoms. The Balaban J connectivity index is 2.34. The summed E-state index contributed by atoms with van der Waals surface area (Å²) in [6.07, 6.45) is 7.63. The quantitative estimate of drug-likeness (QED) is 0.656. The van der Waals surface area contributed by atoms with E-state index in [1.54, 1.807) is 0 Å². The molecule has 2 unspecified atom stereocenters. The first-order chi connectivity index (χ1) is 6.38. The lowest BCUT2D eigenvalue weighted by Crippen LogP contribution is -2.37. The van der Waals surface area contributed by atoms with Gasteiger partial charge in [-0.25, -0.2) is 0 Å². The van der Waals surface area contributed by atoms with Crippen LogP contribution < -0.4 is 5.32 Å². The lowest BCUT2D eigenvalue weighted by atomic mass is 9.95. The fourth-order valence-electron chi connectivity index (χ4n) is 2.20. The zero-order chi connectivity index (χ0) is 9.52. The summed E-state index contributed by atoms with van der Waals surface area (Å²) in [7, 11) is 0. The van der Waals surface area contributed by atoms with E-state index in [9.17, 15) is 5.11 Å². The average molecular weight is 185 g/mol. The third-order valence-electron chi connectivity index (χ3n) is 3.05. The van der Waals surface area contributed by atoms with E-state index < -0.39 is 0 Å². The molecular weight excluding hydrogens is 162 g/mol. The standard InChI is InChI=1S/C11H23NO/c1-2-8-12-11-7-5-3-4-6-10(11)9-13/h10-13H,2-9H2,1H3. The second-order valence-electron chi connectivity index (χ2n) is 4.14. The summed E-state index contributed by atoms with van der Waals surface area (Å²) in [4.78, 5) is 0. The third-order valence-corrected chi connectivity index (χ3v) is 3.05. The van der Waals surface area contributed by atoms with Crippen molar-refractivity contribution >= 4 is 0 Å². The summed E-state index contributed by atoms with van der Waals surface area (Å²) in [5, 5.41) is 12.8. The minimum atomic E-state index is 0.362. The zero-order valence-corrected chi connectivity index (χ0v) is 8.76. The second kappa shape index (κ2) is 6.39. The van der Waals surface area contributed by atoms with Gasteiger partial charge in [0.2, 0.25) is 0 Å². The molecule has 0 aromatic rings. The summed E-state index contributed by atoms with van der Waals surface area (Å²) >= 11 is 0. The van der Waals surface area contributed by atoms with Crippen molar-refractivity contribution in [2.75, 3.05) is 13.2 Å². The molecule has 0 bridgehead atoms. The van der Waals surface area contributed by atoms with Crippen molar-refractivity contribution in [1.82, 2.24) is 5.32 Å². The van der Waals surface area contributed by atoms with Gasteiger partial charge in [0.05, 0.1) is 0 Å². The van der Waals surface area contributed by atoms with Crippen LogP contribution in [0, 0.1) is 5.92 Å². The van der Waals surface area contributed by atoms with Crippen LogP contribution in [0.15, 0.2) is 0 Å². The predicted octanol–water partition coefficient (Wildman–Crippen LogP) is 1.93. The first kappa shape index (κ1) is 11.0. The highest BCUT2D eigenvalue weighted by Crippen LogP contribution is 2.22. The van der Waals surface area contributed by atoms with Crippen molar-refractivity contribution in [1.29, 1.82) is 0 Å². The highest BCUT2D eigenvalue weighted by Gasteiger charge is 2.21. The molecule has 1 saturated carbocycles. The molecule has 2 heteroatoms.